The van der Waals surface area contributed by atoms with Crippen molar-refractivity contribution in [2.45, 2.75) is 56.9 Å². The van der Waals surface area contributed by atoms with E-state index in [0.29, 0.717) is 31.6 Å². The molecule has 0 bridgehead atoms. The lowest BCUT2D eigenvalue weighted by molar-refractivity contribution is -0.121. The van der Waals surface area contributed by atoms with E-state index in [2.05, 4.69) is 10.3 Å². The summed E-state index contributed by atoms with van der Waals surface area (Å²) in [6, 6.07) is 8.71. The van der Waals surface area contributed by atoms with Crippen LogP contribution in [0.1, 0.15) is 43.7 Å². The van der Waals surface area contributed by atoms with Crippen LogP contribution in [0.3, 0.4) is 0 Å². The van der Waals surface area contributed by atoms with Crippen LogP contribution in [0.15, 0.2) is 41.4 Å². The van der Waals surface area contributed by atoms with Crippen LogP contribution in [0.2, 0.25) is 0 Å². The Labute approximate surface area is 200 Å². The molecule has 0 radical (unpaired) electrons. The molecule has 1 saturated carbocycles. The maximum absolute atomic E-state index is 13.5. The lowest BCUT2D eigenvalue weighted by Crippen LogP contribution is -2.43. The largest absolute Gasteiger partial charge is 0.310 e. The first-order chi connectivity index (χ1) is 16.2. The van der Waals surface area contributed by atoms with Crippen LogP contribution in [0.4, 0.5) is 11.5 Å². The number of nitrogens with one attached hydrogen (secondary N) is 1. The Morgan fingerprint density at radius 3 is 2.59 bits per heavy atom. The number of carbonyl (C=O) groups excluding carboxylic acids is 2. The van der Waals surface area contributed by atoms with E-state index >= 15 is 0 Å². The molecule has 1 aliphatic carbocycles. The highest BCUT2D eigenvalue weighted by Crippen LogP contribution is 2.40. The molecule has 3 aliphatic rings. The van der Waals surface area contributed by atoms with Crippen LogP contribution in [0.25, 0.3) is 0 Å². The van der Waals surface area contributed by atoms with E-state index in [4.69, 9.17) is 0 Å². The van der Waals surface area contributed by atoms with E-state index in [-0.39, 0.29) is 35.2 Å². The average Bonchev–Trinajstić information content (AvgIpc) is 3.62. The third-order valence-corrected chi connectivity index (χ3v) is 8.85. The quantitative estimate of drug-likeness (QED) is 0.706. The molecule has 2 unspecified atom stereocenters. The number of amides is 2. The van der Waals surface area contributed by atoms with Crippen molar-refractivity contribution in [1.29, 1.82) is 0 Å². The van der Waals surface area contributed by atoms with Crippen LogP contribution in [0, 0.1) is 18.8 Å². The number of hydrogen-bond donors (Lipinski definition) is 1. The minimum Gasteiger partial charge on any atom is -0.310 e. The van der Waals surface area contributed by atoms with Gasteiger partial charge in [-0.2, -0.15) is 4.31 Å². The Morgan fingerprint density at radius 1 is 1.09 bits per heavy atom. The van der Waals surface area contributed by atoms with Crippen molar-refractivity contribution >= 4 is 33.3 Å². The molecular formula is C25H30N4O4S. The van der Waals surface area contributed by atoms with Gasteiger partial charge in [0.25, 0.3) is 0 Å². The molecule has 180 valence electrons. The molecule has 5 rings (SSSR count). The normalized spacial score (nSPS) is 22.9. The minimum absolute atomic E-state index is 0.0273. The lowest BCUT2D eigenvalue weighted by atomic mass is 9.99. The zero-order valence-electron chi connectivity index (χ0n) is 19.5. The zero-order valence-corrected chi connectivity index (χ0v) is 20.3. The summed E-state index contributed by atoms with van der Waals surface area (Å²) in [5, 5.41) is 2.81. The molecule has 3 heterocycles. The van der Waals surface area contributed by atoms with Crippen LogP contribution in [0.5, 0.6) is 0 Å². The molecule has 2 atom stereocenters. The number of aromatic nitrogens is 1. The minimum atomic E-state index is -3.75. The van der Waals surface area contributed by atoms with Crippen molar-refractivity contribution in [1.82, 2.24) is 9.29 Å². The summed E-state index contributed by atoms with van der Waals surface area (Å²) in [6.07, 6.45) is 5.45. The molecule has 1 aromatic heterocycles. The second-order valence-corrected chi connectivity index (χ2v) is 11.7. The topological polar surface area (TPSA) is 99.7 Å². The van der Waals surface area contributed by atoms with E-state index in [1.165, 1.54) is 4.31 Å². The highest BCUT2D eigenvalue weighted by atomic mass is 32.2. The molecule has 1 saturated heterocycles. The SMILES string of the molecule is Cc1ccc(NC(=O)C2CCCN(S(=O)(=O)c3ccc4c(c3)CC(C)N4C(=O)C3CC3)C2)nc1. The van der Waals surface area contributed by atoms with Gasteiger partial charge in [0.2, 0.25) is 21.8 Å². The number of fused-ring (bicyclic) bond motifs is 1. The first-order valence-electron chi connectivity index (χ1n) is 11.9. The average molecular weight is 483 g/mol. The van der Waals surface area contributed by atoms with Crippen LogP contribution >= 0.6 is 0 Å². The van der Waals surface area contributed by atoms with Crippen molar-refractivity contribution in [2.24, 2.45) is 11.8 Å². The maximum Gasteiger partial charge on any atom is 0.243 e. The fourth-order valence-corrected chi connectivity index (χ4v) is 6.50. The van der Waals surface area contributed by atoms with Gasteiger partial charge in [0, 0.05) is 36.9 Å². The monoisotopic (exact) mass is 482 g/mol. The number of anilines is 2. The lowest BCUT2D eigenvalue weighted by Gasteiger charge is -2.31. The smallest absolute Gasteiger partial charge is 0.243 e. The van der Waals surface area contributed by atoms with E-state index in [1.807, 2.05) is 24.8 Å². The van der Waals surface area contributed by atoms with Crippen molar-refractivity contribution in [3.63, 3.8) is 0 Å². The number of sulfonamides is 1. The van der Waals surface area contributed by atoms with Crippen molar-refractivity contribution in [2.75, 3.05) is 23.3 Å². The van der Waals surface area contributed by atoms with E-state index < -0.39 is 15.9 Å². The van der Waals surface area contributed by atoms with Gasteiger partial charge < -0.3 is 10.2 Å². The van der Waals surface area contributed by atoms with Gasteiger partial charge in [0.1, 0.15) is 5.82 Å². The number of nitrogens with zero attached hydrogens (tertiary/aromatic N) is 3. The molecule has 0 spiro atoms. The maximum atomic E-state index is 13.5. The van der Waals surface area contributed by atoms with Gasteiger partial charge in [-0.3, -0.25) is 9.59 Å². The van der Waals surface area contributed by atoms with Gasteiger partial charge >= 0.3 is 0 Å². The van der Waals surface area contributed by atoms with Gasteiger partial charge in [-0.15, -0.1) is 0 Å². The number of carbonyl (C=O) groups is 2. The molecule has 2 aliphatic heterocycles. The Hall–Kier alpha value is -2.78. The second-order valence-electron chi connectivity index (χ2n) is 9.74. The Bertz CT molecular complexity index is 1220. The first-order valence-corrected chi connectivity index (χ1v) is 13.4. The number of hydrogen-bond acceptors (Lipinski definition) is 5. The molecule has 34 heavy (non-hydrogen) atoms. The third-order valence-electron chi connectivity index (χ3n) is 6.99. The summed E-state index contributed by atoms with van der Waals surface area (Å²) in [5.41, 5.74) is 2.71. The molecular weight excluding hydrogens is 452 g/mol. The van der Waals surface area contributed by atoms with E-state index in [9.17, 15) is 18.0 Å². The van der Waals surface area contributed by atoms with Gasteiger partial charge in [-0.1, -0.05) is 6.07 Å². The molecule has 2 aromatic rings. The predicted octanol–water partition coefficient (Wildman–Crippen LogP) is 3.12. The summed E-state index contributed by atoms with van der Waals surface area (Å²) in [4.78, 5) is 31.8. The fourth-order valence-electron chi connectivity index (χ4n) is 4.92. The van der Waals surface area contributed by atoms with E-state index in [1.54, 1.807) is 30.5 Å². The van der Waals surface area contributed by atoms with Gasteiger partial charge in [-0.05, 0) is 81.3 Å². The fraction of sp³-hybridized carbons (Fsp3) is 0.480. The molecule has 2 fully saturated rings. The molecule has 9 heteroatoms. The van der Waals surface area contributed by atoms with Gasteiger partial charge in [0.05, 0.1) is 10.8 Å². The number of pyridine rings is 1. The van der Waals surface area contributed by atoms with Crippen LogP contribution in [-0.4, -0.2) is 48.7 Å². The Morgan fingerprint density at radius 2 is 1.88 bits per heavy atom. The van der Waals surface area contributed by atoms with Crippen molar-refractivity contribution < 1.29 is 18.0 Å². The van der Waals surface area contributed by atoms with Gasteiger partial charge in [-0.25, -0.2) is 13.4 Å². The molecule has 2 amide bonds. The van der Waals surface area contributed by atoms with Crippen LogP contribution < -0.4 is 10.2 Å². The Kier molecular flexibility index (Phi) is 5.93. The summed E-state index contributed by atoms with van der Waals surface area (Å²) in [6.45, 7) is 4.45. The highest BCUT2D eigenvalue weighted by Gasteiger charge is 2.40. The number of piperidine rings is 1. The van der Waals surface area contributed by atoms with E-state index in [0.717, 1.165) is 29.7 Å². The second kappa shape index (κ2) is 8.78. The highest BCUT2D eigenvalue weighted by molar-refractivity contribution is 7.89. The number of benzene rings is 1. The molecule has 1 aromatic carbocycles. The van der Waals surface area contributed by atoms with Crippen molar-refractivity contribution in [3.05, 3.63) is 47.7 Å². The summed E-state index contributed by atoms with van der Waals surface area (Å²) >= 11 is 0. The van der Waals surface area contributed by atoms with Crippen molar-refractivity contribution in [3.8, 4) is 0 Å². The molecule has 1 N–H and O–H groups in total. The van der Waals surface area contributed by atoms with Crippen LogP contribution in [-0.2, 0) is 26.0 Å². The van der Waals surface area contributed by atoms with Gasteiger partial charge in [0.15, 0.2) is 0 Å². The summed E-state index contributed by atoms with van der Waals surface area (Å²) in [7, 11) is -3.75. The number of aryl methyl sites for hydroxylation is 1. The summed E-state index contributed by atoms with van der Waals surface area (Å²) in [5.74, 6) is 0.0766. The number of rotatable bonds is 5. The standard InChI is InChI=1S/C25H30N4O4S/c1-16-5-10-23(26-14-16)27-24(30)19-4-3-11-28(15-19)34(32,33)21-8-9-22-20(13-21)12-17(2)29(22)25(31)18-6-7-18/h5,8-10,13-14,17-19H,3-4,6-7,11-12,15H2,1-2H3,(H,26,27,30). The zero-order chi connectivity index (χ0) is 24.0. The predicted molar refractivity (Wildman–Crippen MR) is 129 cm³/mol. The third kappa shape index (κ3) is 4.34. The first kappa shape index (κ1) is 23.0. The Balaban J connectivity index is 1.31. The summed E-state index contributed by atoms with van der Waals surface area (Å²) < 4.78 is 28.3. The molecule has 8 nitrogen and oxygen atoms in total.